The van der Waals surface area contributed by atoms with Crippen molar-refractivity contribution in [2.75, 3.05) is 26.1 Å². The highest BCUT2D eigenvalue weighted by molar-refractivity contribution is 5.93. The largest absolute Gasteiger partial charge is 0.493 e. The van der Waals surface area contributed by atoms with Gasteiger partial charge in [-0.2, -0.15) is 0 Å². The maximum absolute atomic E-state index is 12.1. The Hall–Kier alpha value is -3.02. The summed E-state index contributed by atoms with van der Waals surface area (Å²) in [7, 11) is 3.12. The molecule has 0 saturated carbocycles. The van der Waals surface area contributed by atoms with Crippen molar-refractivity contribution >= 4 is 17.8 Å². The van der Waals surface area contributed by atoms with Gasteiger partial charge in [-0.3, -0.25) is 4.79 Å². The number of rotatable bonds is 7. The Labute approximate surface area is 153 Å². The summed E-state index contributed by atoms with van der Waals surface area (Å²) in [5.41, 5.74) is 4.69. The fourth-order valence-corrected chi connectivity index (χ4v) is 2.76. The van der Waals surface area contributed by atoms with E-state index >= 15 is 0 Å². The van der Waals surface area contributed by atoms with Crippen LogP contribution in [0.1, 0.15) is 22.3 Å². The van der Waals surface area contributed by atoms with Gasteiger partial charge in [0.25, 0.3) is 5.91 Å². The molecule has 0 aliphatic heterocycles. The molecular formula is C20H24N2O4. The molecule has 1 amide bonds. The zero-order valence-electron chi connectivity index (χ0n) is 15.8. The van der Waals surface area contributed by atoms with Gasteiger partial charge in [-0.1, -0.05) is 28.9 Å². The van der Waals surface area contributed by atoms with Gasteiger partial charge in [0, 0.05) is 11.3 Å². The number of ether oxygens (including phenoxy) is 2. The van der Waals surface area contributed by atoms with Crippen LogP contribution in [0.25, 0.3) is 0 Å². The van der Waals surface area contributed by atoms with E-state index in [4.69, 9.17) is 14.3 Å². The van der Waals surface area contributed by atoms with Gasteiger partial charge >= 0.3 is 0 Å². The lowest BCUT2D eigenvalue weighted by Gasteiger charge is -2.12. The number of amides is 1. The van der Waals surface area contributed by atoms with Crippen LogP contribution in [-0.2, 0) is 9.63 Å². The Balaban J connectivity index is 1.96. The normalized spacial score (nSPS) is 10.7. The van der Waals surface area contributed by atoms with E-state index in [1.807, 2.05) is 45.0 Å². The third-order valence-corrected chi connectivity index (χ3v) is 3.84. The summed E-state index contributed by atoms with van der Waals surface area (Å²) in [6, 6.07) is 9.47. The van der Waals surface area contributed by atoms with Gasteiger partial charge < -0.3 is 19.6 Å². The van der Waals surface area contributed by atoms with Crippen LogP contribution in [0.2, 0.25) is 0 Å². The lowest BCUT2D eigenvalue weighted by Crippen LogP contribution is -2.18. The average Bonchev–Trinajstić information content (AvgIpc) is 2.61. The summed E-state index contributed by atoms with van der Waals surface area (Å²) in [4.78, 5) is 17.2. The summed E-state index contributed by atoms with van der Waals surface area (Å²) in [6.07, 6.45) is 1.48. The van der Waals surface area contributed by atoms with E-state index in [1.54, 1.807) is 20.3 Å². The maximum Gasteiger partial charge on any atom is 0.265 e. The van der Waals surface area contributed by atoms with Crippen LogP contribution in [-0.4, -0.2) is 32.9 Å². The molecule has 0 atom stereocenters. The van der Waals surface area contributed by atoms with Gasteiger partial charge in [0.15, 0.2) is 18.1 Å². The number of hydrogen-bond donors (Lipinski definition) is 1. The standard InChI is InChI=1S/C20H24N2O4/c1-13-9-14(2)19(15(3)10-13)22-18(23)12-26-21-11-16-7-6-8-17(24-4)20(16)25-5/h6-11H,12H2,1-5H3,(H,22,23)/b21-11-. The zero-order chi connectivity index (χ0) is 19.1. The van der Waals surface area contributed by atoms with Crippen molar-refractivity contribution in [3.05, 3.63) is 52.6 Å². The smallest absolute Gasteiger partial charge is 0.265 e. The maximum atomic E-state index is 12.1. The molecule has 0 aliphatic rings. The molecule has 0 saturated heterocycles. The van der Waals surface area contributed by atoms with Gasteiger partial charge in [0.05, 0.1) is 20.4 Å². The molecule has 6 heteroatoms. The summed E-state index contributed by atoms with van der Waals surface area (Å²) < 4.78 is 10.5. The quantitative estimate of drug-likeness (QED) is 0.608. The minimum atomic E-state index is -0.269. The van der Waals surface area contributed by atoms with E-state index in [9.17, 15) is 4.79 Å². The molecule has 0 spiro atoms. The molecule has 6 nitrogen and oxygen atoms in total. The fourth-order valence-electron chi connectivity index (χ4n) is 2.76. The monoisotopic (exact) mass is 356 g/mol. The van der Waals surface area contributed by atoms with Crippen LogP contribution in [0.3, 0.4) is 0 Å². The minimum Gasteiger partial charge on any atom is -0.493 e. The second kappa shape index (κ2) is 8.89. The molecule has 0 fully saturated rings. The van der Waals surface area contributed by atoms with E-state index in [-0.39, 0.29) is 12.5 Å². The second-order valence-corrected chi connectivity index (χ2v) is 5.91. The van der Waals surface area contributed by atoms with Crippen molar-refractivity contribution < 1.29 is 19.1 Å². The number of hydrogen-bond acceptors (Lipinski definition) is 5. The molecule has 26 heavy (non-hydrogen) atoms. The third-order valence-electron chi connectivity index (χ3n) is 3.84. The van der Waals surface area contributed by atoms with Crippen LogP contribution in [0.15, 0.2) is 35.5 Å². The molecule has 138 valence electrons. The van der Waals surface area contributed by atoms with E-state index < -0.39 is 0 Å². The number of oxime groups is 1. The number of para-hydroxylation sites is 1. The van der Waals surface area contributed by atoms with E-state index in [0.717, 1.165) is 22.4 Å². The van der Waals surface area contributed by atoms with Gasteiger partial charge in [-0.05, 0) is 44.0 Å². The van der Waals surface area contributed by atoms with Gasteiger partial charge in [-0.15, -0.1) is 0 Å². The number of nitrogens with zero attached hydrogens (tertiary/aromatic N) is 1. The Morgan fingerprint density at radius 2 is 1.81 bits per heavy atom. The first kappa shape index (κ1) is 19.3. The average molecular weight is 356 g/mol. The molecule has 0 radical (unpaired) electrons. The molecule has 2 aromatic carbocycles. The van der Waals surface area contributed by atoms with Gasteiger partial charge in [-0.25, -0.2) is 0 Å². The molecule has 2 rings (SSSR count). The van der Waals surface area contributed by atoms with Crippen LogP contribution in [0.4, 0.5) is 5.69 Å². The molecule has 0 aliphatic carbocycles. The Morgan fingerprint density at radius 3 is 2.42 bits per heavy atom. The number of anilines is 1. The number of nitrogens with one attached hydrogen (secondary N) is 1. The van der Waals surface area contributed by atoms with E-state index in [0.29, 0.717) is 17.1 Å². The van der Waals surface area contributed by atoms with Crippen molar-refractivity contribution in [1.29, 1.82) is 0 Å². The molecule has 0 heterocycles. The van der Waals surface area contributed by atoms with Crippen molar-refractivity contribution in [3.63, 3.8) is 0 Å². The summed E-state index contributed by atoms with van der Waals surface area (Å²) in [5, 5.41) is 6.71. The van der Waals surface area contributed by atoms with Crippen LogP contribution < -0.4 is 14.8 Å². The van der Waals surface area contributed by atoms with Crippen molar-refractivity contribution in [1.82, 2.24) is 0 Å². The zero-order valence-corrected chi connectivity index (χ0v) is 15.8. The second-order valence-electron chi connectivity index (χ2n) is 5.91. The van der Waals surface area contributed by atoms with Crippen molar-refractivity contribution in [2.45, 2.75) is 20.8 Å². The first-order chi connectivity index (χ1) is 12.5. The Morgan fingerprint density at radius 1 is 1.12 bits per heavy atom. The number of aryl methyl sites for hydroxylation is 3. The lowest BCUT2D eigenvalue weighted by molar-refractivity contribution is -0.120. The first-order valence-corrected chi connectivity index (χ1v) is 8.20. The highest BCUT2D eigenvalue weighted by atomic mass is 16.6. The molecule has 0 bridgehead atoms. The van der Waals surface area contributed by atoms with Gasteiger partial charge in [0.2, 0.25) is 0 Å². The number of benzene rings is 2. The summed E-state index contributed by atoms with van der Waals surface area (Å²) >= 11 is 0. The fraction of sp³-hybridized carbons (Fsp3) is 0.300. The number of methoxy groups -OCH3 is 2. The Bertz CT molecular complexity index is 792. The van der Waals surface area contributed by atoms with Crippen molar-refractivity contribution in [2.24, 2.45) is 5.16 Å². The number of carbonyl (C=O) groups excluding carboxylic acids is 1. The van der Waals surface area contributed by atoms with E-state index in [2.05, 4.69) is 10.5 Å². The van der Waals surface area contributed by atoms with Crippen LogP contribution >= 0.6 is 0 Å². The lowest BCUT2D eigenvalue weighted by atomic mass is 10.1. The minimum absolute atomic E-state index is 0.185. The molecule has 0 unspecified atom stereocenters. The first-order valence-electron chi connectivity index (χ1n) is 8.20. The van der Waals surface area contributed by atoms with Crippen LogP contribution in [0.5, 0.6) is 11.5 Å². The third kappa shape index (κ3) is 4.75. The predicted molar refractivity (Wildman–Crippen MR) is 102 cm³/mol. The Kier molecular flexibility index (Phi) is 6.60. The highest BCUT2D eigenvalue weighted by Crippen LogP contribution is 2.29. The topological polar surface area (TPSA) is 69.2 Å². The van der Waals surface area contributed by atoms with E-state index in [1.165, 1.54) is 6.21 Å². The van der Waals surface area contributed by atoms with Crippen molar-refractivity contribution in [3.8, 4) is 11.5 Å². The molecule has 0 aromatic heterocycles. The highest BCUT2D eigenvalue weighted by Gasteiger charge is 2.09. The summed E-state index contributed by atoms with van der Waals surface area (Å²) in [6.45, 7) is 5.76. The number of carbonyl (C=O) groups is 1. The molecule has 1 N–H and O–H groups in total. The molecule has 2 aromatic rings. The SMILES string of the molecule is COc1cccc(/C=N\OCC(=O)Nc2c(C)cc(C)cc2C)c1OC. The van der Waals surface area contributed by atoms with Gasteiger partial charge in [0.1, 0.15) is 0 Å². The predicted octanol–water partition coefficient (Wildman–Crippen LogP) is 3.62. The molecular weight excluding hydrogens is 332 g/mol. The van der Waals surface area contributed by atoms with Crippen LogP contribution in [0, 0.1) is 20.8 Å². The summed E-state index contributed by atoms with van der Waals surface area (Å²) in [5.74, 6) is 0.882.